The van der Waals surface area contributed by atoms with Gasteiger partial charge in [-0.05, 0) is 12.1 Å². The summed E-state index contributed by atoms with van der Waals surface area (Å²) in [5.74, 6) is -0.282. The molecule has 2 N–H and O–H groups in total. The molecule has 0 saturated carbocycles. The quantitative estimate of drug-likeness (QED) is 0.687. The first kappa shape index (κ1) is 9.72. The number of hydrogen-bond donors (Lipinski definition) is 1. The molecule has 0 atom stereocenters. The Morgan fingerprint density at radius 3 is 2.75 bits per heavy atom. The average molecular weight is 215 g/mol. The minimum Gasteiger partial charge on any atom is -0.364 e. The van der Waals surface area contributed by atoms with Gasteiger partial charge in [-0.2, -0.15) is 9.94 Å². The number of nitriles is 1. The van der Waals surface area contributed by atoms with Crippen LogP contribution in [0, 0.1) is 11.3 Å². The Balaban J connectivity index is 2.35. The summed E-state index contributed by atoms with van der Waals surface area (Å²) in [5, 5.41) is 19.6. The molecule has 0 aliphatic rings. The van der Waals surface area contributed by atoms with Crippen LogP contribution in [0.2, 0.25) is 0 Å². The van der Waals surface area contributed by atoms with Crippen LogP contribution in [0.25, 0.3) is 5.82 Å². The number of nitrogens with two attached hydrogens (primary N) is 1. The minimum atomic E-state index is -0.657. The fraction of sp³-hybridized carbons (Fsp3) is 0. The Bertz CT molecular complexity index is 565. The van der Waals surface area contributed by atoms with Gasteiger partial charge in [-0.15, -0.1) is 15.3 Å². The summed E-state index contributed by atoms with van der Waals surface area (Å²) in [6, 6.07) is 4.70. The summed E-state index contributed by atoms with van der Waals surface area (Å²) in [6.07, 6.45) is 1.33. The first-order chi connectivity index (χ1) is 7.70. The zero-order valence-electron chi connectivity index (χ0n) is 7.90. The summed E-state index contributed by atoms with van der Waals surface area (Å²) in [5.41, 5.74) is 5.07. The highest BCUT2D eigenvalue weighted by Gasteiger charge is 2.06. The predicted molar refractivity (Wildman–Crippen MR) is 50.2 cm³/mol. The SMILES string of the molecule is N#Cc1ncn(-c2ccc(C(N)=O)nn2)n1. The van der Waals surface area contributed by atoms with Gasteiger partial charge in [-0.3, -0.25) is 4.79 Å². The molecule has 0 saturated heterocycles. The number of amides is 1. The van der Waals surface area contributed by atoms with Gasteiger partial charge in [0.05, 0.1) is 0 Å². The number of aromatic nitrogens is 5. The highest BCUT2D eigenvalue weighted by Crippen LogP contribution is 2.01. The molecular formula is C8H5N7O. The summed E-state index contributed by atoms with van der Waals surface area (Å²) in [4.78, 5) is 14.4. The normalized spacial score (nSPS) is 9.69. The Labute approximate surface area is 89.3 Å². The van der Waals surface area contributed by atoms with E-state index in [9.17, 15) is 4.79 Å². The van der Waals surface area contributed by atoms with Crippen LogP contribution in [-0.4, -0.2) is 30.9 Å². The van der Waals surface area contributed by atoms with Crippen LogP contribution in [0.15, 0.2) is 18.5 Å². The topological polar surface area (TPSA) is 123 Å². The van der Waals surface area contributed by atoms with Crippen LogP contribution in [0.4, 0.5) is 0 Å². The molecule has 0 spiro atoms. The van der Waals surface area contributed by atoms with E-state index in [1.807, 2.05) is 0 Å². The second kappa shape index (κ2) is 3.74. The lowest BCUT2D eigenvalue weighted by Crippen LogP contribution is -2.14. The van der Waals surface area contributed by atoms with Crippen LogP contribution in [-0.2, 0) is 0 Å². The molecule has 0 radical (unpaired) electrons. The molecule has 0 aliphatic carbocycles. The minimum absolute atomic E-state index is 0.0285. The van der Waals surface area contributed by atoms with Crippen LogP contribution < -0.4 is 5.73 Å². The number of hydrogen-bond acceptors (Lipinski definition) is 6. The Kier molecular flexibility index (Phi) is 2.27. The third-order valence-corrected chi connectivity index (χ3v) is 1.73. The van der Waals surface area contributed by atoms with Gasteiger partial charge < -0.3 is 5.73 Å². The van der Waals surface area contributed by atoms with E-state index < -0.39 is 5.91 Å². The van der Waals surface area contributed by atoms with Crippen LogP contribution in [0.5, 0.6) is 0 Å². The first-order valence-corrected chi connectivity index (χ1v) is 4.16. The largest absolute Gasteiger partial charge is 0.364 e. The van der Waals surface area contributed by atoms with Crippen molar-refractivity contribution in [2.75, 3.05) is 0 Å². The zero-order valence-corrected chi connectivity index (χ0v) is 7.90. The van der Waals surface area contributed by atoms with E-state index >= 15 is 0 Å². The maximum atomic E-state index is 10.7. The molecule has 0 aliphatic heterocycles. The van der Waals surface area contributed by atoms with Crippen LogP contribution in [0.3, 0.4) is 0 Å². The number of nitrogens with zero attached hydrogens (tertiary/aromatic N) is 6. The monoisotopic (exact) mass is 215 g/mol. The highest BCUT2D eigenvalue weighted by atomic mass is 16.1. The molecule has 2 aromatic rings. The van der Waals surface area contributed by atoms with Gasteiger partial charge in [0.25, 0.3) is 11.7 Å². The second-order valence-corrected chi connectivity index (χ2v) is 2.77. The third-order valence-electron chi connectivity index (χ3n) is 1.73. The molecule has 0 unspecified atom stereocenters. The van der Waals surface area contributed by atoms with Gasteiger partial charge in [0.1, 0.15) is 12.4 Å². The number of primary amides is 1. The second-order valence-electron chi connectivity index (χ2n) is 2.77. The van der Waals surface area contributed by atoms with Crippen molar-refractivity contribution in [3.8, 4) is 11.9 Å². The Morgan fingerprint density at radius 1 is 1.44 bits per heavy atom. The first-order valence-electron chi connectivity index (χ1n) is 4.16. The standard InChI is InChI=1S/C8H5N7O/c9-3-6-11-4-15(14-6)7-2-1-5(8(10)16)12-13-7/h1-2,4H,(H2,10,16). The van der Waals surface area contributed by atoms with Crippen molar-refractivity contribution in [2.24, 2.45) is 5.73 Å². The predicted octanol–water partition coefficient (Wildman–Crippen LogP) is -0.972. The van der Waals surface area contributed by atoms with E-state index in [4.69, 9.17) is 11.0 Å². The molecule has 0 fully saturated rings. The lowest BCUT2D eigenvalue weighted by atomic mass is 10.4. The summed E-state index contributed by atoms with van der Waals surface area (Å²) in [7, 11) is 0. The average Bonchev–Trinajstić information content (AvgIpc) is 2.77. The van der Waals surface area contributed by atoms with E-state index in [2.05, 4.69) is 20.3 Å². The number of carbonyl (C=O) groups excluding carboxylic acids is 1. The van der Waals surface area contributed by atoms with Gasteiger partial charge in [-0.25, -0.2) is 4.98 Å². The van der Waals surface area contributed by atoms with Crippen molar-refractivity contribution in [1.82, 2.24) is 25.0 Å². The molecule has 78 valence electrons. The smallest absolute Gasteiger partial charge is 0.269 e. The van der Waals surface area contributed by atoms with E-state index in [0.29, 0.717) is 5.82 Å². The molecule has 16 heavy (non-hydrogen) atoms. The fourth-order valence-corrected chi connectivity index (χ4v) is 1.00. The summed E-state index contributed by atoms with van der Waals surface area (Å²) in [6.45, 7) is 0. The van der Waals surface area contributed by atoms with Gasteiger partial charge in [0.2, 0.25) is 0 Å². The van der Waals surface area contributed by atoms with Crippen LogP contribution in [0.1, 0.15) is 16.3 Å². The summed E-state index contributed by atoms with van der Waals surface area (Å²) >= 11 is 0. The maximum absolute atomic E-state index is 10.7. The highest BCUT2D eigenvalue weighted by molar-refractivity contribution is 5.90. The van der Waals surface area contributed by atoms with Crippen molar-refractivity contribution in [3.05, 3.63) is 30.0 Å². The van der Waals surface area contributed by atoms with Gasteiger partial charge in [0, 0.05) is 0 Å². The van der Waals surface area contributed by atoms with Gasteiger partial charge in [-0.1, -0.05) is 0 Å². The van der Waals surface area contributed by atoms with E-state index in [1.165, 1.54) is 23.1 Å². The molecule has 2 aromatic heterocycles. The van der Waals surface area contributed by atoms with E-state index in [-0.39, 0.29) is 11.5 Å². The van der Waals surface area contributed by atoms with E-state index in [1.54, 1.807) is 6.07 Å². The van der Waals surface area contributed by atoms with Crippen molar-refractivity contribution < 1.29 is 4.79 Å². The van der Waals surface area contributed by atoms with Crippen molar-refractivity contribution in [2.45, 2.75) is 0 Å². The molecule has 8 nitrogen and oxygen atoms in total. The van der Waals surface area contributed by atoms with Crippen molar-refractivity contribution in [3.63, 3.8) is 0 Å². The van der Waals surface area contributed by atoms with Crippen LogP contribution >= 0.6 is 0 Å². The zero-order chi connectivity index (χ0) is 11.5. The molecule has 1 amide bonds. The Morgan fingerprint density at radius 2 is 2.25 bits per heavy atom. The maximum Gasteiger partial charge on any atom is 0.269 e. The lowest BCUT2D eigenvalue weighted by Gasteiger charge is -1.97. The summed E-state index contributed by atoms with van der Waals surface area (Å²) < 4.78 is 1.27. The lowest BCUT2D eigenvalue weighted by molar-refractivity contribution is 0.0994. The molecule has 2 rings (SSSR count). The number of rotatable bonds is 2. The van der Waals surface area contributed by atoms with Crippen molar-refractivity contribution >= 4 is 5.91 Å². The molecule has 2 heterocycles. The van der Waals surface area contributed by atoms with E-state index in [0.717, 1.165) is 0 Å². The fourth-order valence-electron chi connectivity index (χ4n) is 1.00. The number of carbonyl (C=O) groups is 1. The molecule has 0 bridgehead atoms. The Hall–Kier alpha value is -2.82. The third kappa shape index (κ3) is 1.69. The van der Waals surface area contributed by atoms with Crippen molar-refractivity contribution in [1.29, 1.82) is 5.26 Å². The van der Waals surface area contributed by atoms with Gasteiger partial charge >= 0.3 is 0 Å². The molecular weight excluding hydrogens is 210 g/mol. The molecule has 8 heteroatoms. The molecule has 0 aromatic carbocycles. The van der Waals surface area contributed by atoms with Gasteiger partial charge in [0.15, 0.2) is 11.5 Å².